The number of nitrogens with two attached hydrogens (primary N) is 1. The Bertz CT molecular complexity index is 755. The minimum atomic E-state index is -1.00. The van der Waals surface area contributed by atoms with Crippen molar-refractivity contribution in [2.45, 2.75) is 31.3 Å². The lowest BCUT2D eigenvalue weighted by Crippen LogP contribution is -2.54. The van der Waals surface area contributed by atoms with Crippen LogP contribution in [0.1, 0.15) is 19.3 Å². The Kier molecular flexibility index (Phi) is 6.42. The molecule has 1 aromatic rings. The zero-order chi connectivity index (χ0) is 20.1. The molecule has 0 spiro atoms. The van der Waals surface area contributed by atoms with Crippen molar-refractivity contribution in [3.8, 4) is 0 Å². The van der Waals surface area contributed by atoms with Crippen molar-refractivity contribution in [3.63, 3.8) is 0 Å². The first-order chi connectivity index (χ1) is 13.5. The number of anilines is 2. The van der Waals surface area contributed by atoms with Crippen LogP contribution in [0.4, 0.5) is 20.6 Å². The summed E-state index contributed by atoms with van der Waals surface area (Å²) in [5, 5.41) is 7.67. The molecule has 0 unspecified atom stereocenters. The van der Waals surface area contributed by atoms with E-state index in [1.807, 2.05) is 0 Å². The highest BCUT2D eigenvalue weighted by Crippen LogP contribution is 2.23. The molecule has 9 nitrogen and oxygen atoms in total. The van der Waals surface area contributed by atoms with Crippen LogP contribution in [0.15, 0.2) is 18.2 Å². The van der Waals surface area contributed by atoms with Crippen LogP contribution in [-0.4, -0.2) is 56.2 Å². The van der Waals surface area contributed by atoms with Gasteiger partial charge in [0.25, 0.3) is 5.91 Å². The average molecular weight is 393 g/mol. The first-order valence-corrected chi connectivity index (χ1v) is 9.23. The lowest BCUT2D eigenvalue weighted by atomic mass is 9.93. The number of hydrogen-bond donors (Lipinski definition) is 4. The first kappa shape index (κ1) is 20.0. The predicted molar refractivity (Wildman–Crippen MR) is 100 cm³/mol. The van der Waals surface area contributed by atoms with Gasteiger partial charge in [-0.05, 0) is 37.5 Å². The van der Waals surface area contributed by atoms with Gasteiger partial charge in [0.05, 0.1) is 12.3 Å². The summed E-state index contributed by atoms with van der Waals surface area (Å²) in [7, 11) is 0. The minimum Gasteiger partial charge on any atom is -0.370 e. The van der Waals surface area contributed by atoms with Gasteiger partial charge in [0, 0.05) is 24.8 Å². The van der Waals surface area contributed by atoms with Gasteiger partial charge in [-0.1, -0.05) is 0 Å². The summed E-state index contributed by atoms with van der Waals surface area (Å²) < 4.78 is 19.5. The van der Waals surface area contributed by atoms with Crippen LogP contribution < -0.4 is 26.6 Å². The molecule has 1 atom stereocenters. The smallest absolute Gasteiger partial charge is 0.315 e. The molecule has 10 heteroatoms. The molecule has 0 aromatic heterocycles. The van der Waals surface area contributed by atoms with E-state index >= 15 is 0 Å². The number of nitrogens with one attached hydrogen (secondary N) is 3. The zero-order valence-electron chi connectivity index (χ0n) is 15.4. The van der Waals surface area contributed by atoms with E-state index in [1.54, 1.807) is 0 Å². The number of benzene rings is 1. The second-order valence-electron chi connectivity index (χ2n) is 6.79. The summed E-state index contributed by atoms with van der Waals surface area (Å²) in [4.78, 5) is 37.5. The fourth-order valence-electron chi connectivity index (χ4n) is 2.95. The number of amides is 4. The highest BCUT2D eigenvalue weighted by Gasteiger charge is 2.25. The van der Waals surface area contributed by atoms with E-state index < -0.39 is 23.8 Å². The predicted octanol–water partition coefficient (Wildman–Crippen LogP) is 0.306. The van der Waals surface area contributed by atoms with Crippen molar-refractivity contribution in [1.82, 2.24) is 10.6 Å². The third-order valence-corrected chi connectivity index (χ3v) is 4.81. The fourth-order valence-corrected chi connectivity index (χ4v) is 2.95. The Morgan fingerprint density at radius 2 is 2.14 bits per heavy atom. The first-order valence-electron chi connectivity index (χ1n) is 9.23. The lowest BCUT2D eigenvalue weighted by molar-refractivity contribution is -0.125. The van der Waals surface area contributed by atoms with Gasteiger partial charge in [0.1, 0.15) is 18.5 Å². The van der Waals surface area contributed by atoms with E-state index in [0.29, 0.717) is 18.8 Å². The van der Waals surface area contributed by atoms with Crippen molar-refractivity contribution in [3.05, 3.63) is 24.0 Å². The Morgan fingerprint density at radius 1 is 1.36 bits per heavy atom. The van der Waals surface area contributed by atoms with Crippen molar-refractivity contribution in [2.75, 3.05) is 36.5 Å². The van der Waals surface area contributed by atoms with Gasteiger partial charge in [-0.15, -0.1) is 0 Å². The van der Waals surface area contributed by atoms with E-state index in [-0.39, 0.29) is 30.8 Å². The summed E-state index contributed by atoms with van der Waals surface area (Å²) in [6, 6.07) is 2.72. The molecule has 0 bridgehead atoms. The number of urea groups is 1. The molecule has 1 saturated heterocycles. The number of carbonyl (C=O) groups is 3. The Balaban J connectivity index is 1.60. The van der Waals surface area contributed by atoms with E-state index in [2.05, 4.69) is 16.0 Å². The number of halogens is 1. The highest BCUT2D eigenvalue weighted by molar-refractivity contribution is 5.98. The van der Waals surface area contributed by atoms with Gasteiger partial charge in [0.15, 0.2) is 0 Å². The Hall–Kier alpha value is -2.72. The summed E-state index contributed by atoms with van der Waals surface area (Å²) in [6.07, 6.45) is 2.89. The van der Waals surface area contributed by atoms with E-state index in [0.717, 1.165) is 19.3 Å². The van der Waals surface area contributed by atoms with Crippen molar-refractivity contribution < 1.29 is 23.5 Å². The van der Waals surface area contributed by atoms with E-state index in [4.69, 9.17) is 10.5 Å². The number of hydrogen-bond acceptors (Lipinski definition) is 5. The Morgan fingerprint density at radius 3 is 2.75 bits per heavy atom. The maximum absolute atomic E-state index is 14.4. The molecule has 4 amide bonds. The third-order valence-electron chi connectivity index (χ3n) is 4.81. The lowest BCUT2D eigenvalue weighted by Gasteiger charge is -2.28. The maximum atomic E-state index is 14.4. The summed E-state index contributed by atoms with van der Waals surface area (Å²) in [5.74, 6) is -1.58. The van der Waals surface area contributed by atoms with Crippen molar-refractivity contribution >= 4 is 29.2 Å². The summed E-state index contributed by atoms with van der Waals surface area (Å²) in [5.41, 5.74) is 5.90. The van der Waals surface area contributed by atoms with Crippen molar-refractivity contribution in [1.29, 1.82) is 0 Å². The monoisotopic (exact) mass is 393 g/mol. The van der Waals surface area contributed by atoms with Crippen LogP contribution in [0.25, 0.3) is 0 Å². The molecule has 28 heavy (non-hydrogen) atoms. The molecule has 1 heterocycles. The third kappa shape index (κ3) is 4.76. The van der Waals surface area contributed by atoms with Crippen LogP contribution in [0.5, 0.6) is 0 Å². The van der Waals surface area contributed by atoms with Gasteiger partial charge in [-0.3, -0.25) is 9.59 Å². The number of rotatable bonds is 6. The molecule has 5 N–H and O–H groups in total. The zero-order valence-corrected chi connectivity index (χ0v) is 15.4. The van der Waals surface area contributed by atoms with Gasteiger partial charge in [-0.25, -0.2) is 9.18 Å². The number of morpholine rings is 1. The minimum absolute atomic E-state index is 0.0487. The van der Waals surface area contributed by atoms with Crippen LogP contribution in [0.2, 0.25) is 0 Å². The van der Waals surface area contributed by atoms with Gasteiger partial charge in [-0.2, -0.15) is 0 Å². The second kappa shape index (κ2) is 8.98. The van der Waals surface area contributed by atoms with Gasteiger partial charge >= 0.3 is 6.03 Å². The molecule has 2 fully saturated rings. The summed E-state index contributed by atoms with van der Waals surface area (Å²) in [6.45, 7) is 0.524. The van der Waals surface area contributed by atoms with Crippen LogP contribution >= 0.6 is 0 Å². The molecule has 0 radical (unpaired) electrons. The quantitative estimate of drug-likeness (QED) is 0.553. The maximum Gasteiger partial charge on any atom is 0.315 e. The molecule has 1 aromatic carbocycles. The molecule has 1 aliphatic carbocycles. The molecule has 152 valence electrons. The molecule has 1 saturated carbocycles. The SMILES string of the molecule is NC[C@H](NC(=O)NC1CCC1)C(=O)Nc1ccc(N2CCOCC2=O)cc1F. The number of carbonyl (C=O) groups excluding carboxylic acids is 3. The van der Waals surface area contributed by atoms with E-state index in [9.17, 15) is 18.8 Å². The molecular formula is C18H24FN5O4. The summed E-state index contributed by atoms with van der Waals surface area (Å²) >= 11 is 0. The van der Waals surface area contributed by atoms with Crippen molar-refractivity contribution in [2.24, 2.45) is 5.73 Å². The molecular weight excluding hydrogens is 369 g/mol. The largest absolute Gasteiger partial charge is 0.370 e. The molecule has 1 aliphatic heterocycles. The Labute approximate surface area is 161 Å². The molecule has 3 rings (SSSR count). The second-order valence-corrected chi connectivity index (χ2v) is 6.79. The normalized spacial score (nSPS) is 18.2. The fraction of sp³-hybridized carbons (Fsp3) is 0.500. The number of ether oxygens (including phenoxy) is 1. The molecule has 2 aliphatic rings. The number of nitrogens with zero attached hydrogens (tertiary/aromatic N) is 1. The standard InChI is InChI=1S/C18H24FN5O4/c19-13-8-12(24-6-7-28-10-16(24)25)4-5-14(13)22-17(26)15(9-20)23-18(27)21-11-2-1-3-11/h4-5,8,11,15H,1-3,6-7,9-10,20H2,(H,22,26)(H2,21,23,27)/t15-/m0/s1. The van der Waals surface area contributed by atoms with Gasteiger partial charge in [0.2, 0.25) is 5.91 Å². The van der Waals surface area contributed by atoms with Crippen LogP contribution in [0.3, 0.4) is 0 Å². The topological polar surface area (TPSA) is 126 Å². The van der Waals surface area contributed by atoms with Crippen LogP contribution in [-0.2, 0) is 14.3 Å². The van der Waals surface area contributed by atoms with E-state index in [1.165, 1.54) is 23.1 Å². The highest BCUT2D eigenvalue weighted by atomic mass is 19.1. The van der Waals surface area contributed by atoms with Crippen LogP contribution in [0, 0.1) is 5.82 Å². The van der Waals surface area contributed by atoms with Gasteiger partial charge < -0.3 is 31.3 Å². The average Bonchev–Trinajstić information content (AvgIpc) is 2.64.